The lowest BCUT2D eigenvalue weighted by atomic mass is 9.99. The standard InChI is InChI=1S/C14H19NO5/c1-7(16)9-3-5-10(6-4-9)15-14-13(19)12(18)11(17)8(2)20-14/h3-6,8,11-15,17-19H,1-2H3/t8-,11-,12+,13-,14-/m1/s1. The number of benzene rings is 1. The first-order chi connectivity index (χ1) is 9.40. The van der Waals surface area contributed by atoms with Crippen LogP contribution >= 0.6 is 0 Å². The smallest absolute Gasteiger partial charge is 0.159 e. The summed E-state index contributed by atoms with van der Waals surface area (Å²) in [7, 11) is 0. The highest BCUT2D eigenvalue weighted by Gasteiger charge is 2.41. The Balaban J connectivity index is 2.07. The van der Waals surface area contributed by atoms with Gasteiger partial charge in [0.1, 0.15) is 18.3 Å². The SMILES string of the molecule is CC(=O)c1ccc(N[C@@H]2O[C@H](C)[C@@H](O)[C@H](O)[C@H]2O)cc1. The maximum Gasteiger partial charge on any atom is 0.159 e. The van der Waals surface area contributed by atoms with E-state index in [4.69, 9.17) is 4.74 Å². The molecule has 0 radical (unpaired) electrons. The Morgan fingerprint density at radius 2 is 1.70 bits per heavy atom. The fourth-order valence-corrected chi connectivity index (χ4v) is 2.14. The summed E-state index contributed by atoms with van der Waals surface area (Å²) in [5.74, 6) is -0.0299. The van der Waals surface area contributed by atoms with Gasteiger partial charge in [-0.25, -0.2) is 0 Å². The number of Topliss-reactive ketones (excluding diaryl/α,β-unsaturated/α-hetero) is 1. The number of rotatable bonds is 3. The van der Waals surface area contributed by atoms with E-state index in [1.807, 2.05) is 0 Å². The number of nitrogens with one attached hydrogen (secondary N) is 1. The summed E-state index contributed by atoms with van der Waals surface area (Å²) < 4.78 is 5.42. The minimum absolute atomic E-state index is 0.0299. The molecule has 0 bridgehead atoms. The highest BCUT2D eigenvalue weighted by Crippen LogP contribution is 2.22. The lowest BCUT2D eigenvalue weighted by molar-refractivity contribution is -0.209. The highest BCUT2D eigenvalue weighted by atomic mass is 16.5. The van der Waals surface area contributed by atoms with Crippen molar-refractivity contribution < 1.29 is 24.9 Å². The summed E-state index contributed by atoms with van der Waals surface area (Å²) in [5, 5.41) is 32.1. The van der Waals surface area contributed by atoms with E-state index in [0.29, 0.717) is 11.3 Å². The zero-order chi connectivity index (χ0) is 14.9. The summed E-state index contributed by atoms with van der Waals surface area (Å²) >= 11 is 0. The van der Waals surface area contributed by atoms with Crippen LogP contribution in [0.1, 0.15) is 24.2 Å². The van der Waals surface area contributed by atoms with Gasteiger partial charge in [-0.3, -0.25) is 4.79 Å². The molecule has 0 amide bonds. The van der Waals surface area contributed by atoms with Gasteiger partial charge in [-0.2, -0.15) is 0 Å². The van der Waals surface area contributed by atoms with Crippen molar-refractivity contribution in [1.82, 2.24) is 0 Å². The van der Waals surface area contributed by atoms with E-state index >= 15 is 0 Å². The number of anilines is 1. The predicted octanol–water partition coefficient (Wildman–Crippen LogP) is 0.129. The highest BCUT2D eigenvalue weighted by molar-refractivity contribution is 5.94. The van der Waals surface area contributed by atoms with Crippen LogP contribution in [-0.4, -0.2) is 51.7 Å². The lowest BCUT2D eigenvalue weighted by Gasteiger charge is -2.39. The van der Waals surface area contributed by atoms with E-state index in [0.717, 1.165) is 0 Å². The molecule has 0 aromatic heterocycles. The largest absolute Gasteiger partial charge is 0.388 e. The Labute approximate surface area is 117 Å². The number of aliphatic hydroxyl groups excluding tert-OH is 3. The van der Waals surface area contributed by atoms with Gasteiger partial charge in [0.05, 0.1) is 6.10 Å². The Kier molecular flexibility index (Phi) is 4.39. The molecule has 4 N–H and O–H groups in total. The van der Waals surface area contributed by atoms with Gasteiger partial charge in [0.25, 0.3) is 0 Å². The lowest BCUT2D eigenvalue weighted by Crippen LogP contribution is -2.58. The molecule has 1 aliphatic rings. The maximum atomic E-state index is 11.2. The second-order valence-corrected chi connectivity index (χ2v) is 5.01. The van der Waals surface area contributed by atoms with Crippen molar-refractivity contribution in [3.63, 3.8) is 0 Å². The van der Waals surface area contributed by atoms with Gasteiger partial charge in [0.2, 0.25) is 0 Å². The molecule has 1 fully saturated rings. The summed E-state index contributed by atoms with van der Waals surface area (Å²) in [6, 6.07) is 6.70. The molecule has 0 saturated carbocycles. The molecule has 1 saturated heterocycles. The molecular formula is C14H19NO5. The molecule has 1 heterocycles. The summed E-state index contributed by atoms with van der Waals surface area (Å²) in [6.07, 6.45) is -5.06. The molecule has 5 atom stereocenters. The van der Waals surface area contributed by atoms with Crippen LogP contribution in [0.3, 0.4) is 0 Å². The van der Waals surface area contributed by atoms with Crippen LogP contribution in [0.5, 0.6) is 0 Å². The monoisotopic (exact) mass is 281 g/mol. The van der Waals surface area contributed by atoms with Gasteiger partial charge in [-0.1, -0.05) is 0 Å². The summed E-state index contributed by atoms with van der Waals surface area (Å²) in [4.78, 5) is 11.2. The minimum atomic E-state index is -1.27. The van der Waals surface area contributed by atoms with Crippen LogP contribution in [0.2, 0.25) is 0 Å². The van der Waals surface area contributed by atoms with E-state index in [1.165, 1.54) is 6.92 Å². The Morgan fingerprint density at radius 3 is 2.25 bits per heavy atom. The van der Waals surface area contributed by atoms with E-state index < -0.39 is 30.6 Å². The summed E-state index contributed by atoms with van der Waals surface area (Å²) in [6.45, 7) is 3.10. The molecule has 1 aliphatic heterocycles. The second kappa shape index (κ2) is 5.88. The van der Waals surface area contributed by atoms with E-state index in [9.17, 15) is 20.1 Å². The van der Waals surface area contributed by atoms with Gasteiger partial charge in [-0.15, -0.1) is 0 Å². The molecule has 0 spiro atoms. The molecule has 110 valence electrons. The average molecular weight is 281 g/mol. The first-order valence-electron chi connectivity index (χ1n) is 6.47. The van der Waals surface area contributed by atoms with Gasteiger partial charge >= 0.3 is 0 Å². The first kappa shape index (κ1) is 14.9. The van der Waals surface area contributed by atoms with E-state index in [1.54, 1.807) is 31.2 Å². The molecule has 1 aromatic rings. The molecule has 20 heavy (non-hydrogen) atoms. The zero-order valence-electron chi connectivity index (χ0n) is 11.4. The minimum Gasteiger partial charge on any atom is -0.388 e. The van der Waals surface area contributed by atoms with Crippen molar-refractivity contribution in [2.24, 2.45) is 0 Å². The quantitative estimate of drug-likeness (QED) is 0.588. The van der Waals surface area contributed by atoms with Crippen molar-refractivity contribution in [3.05, 3.63) is 29.8 Å². The van der Waals surface area contributed by atoms with Crippen LogP contribution in [0.25, 0.3) is 0 Å². The molecular weight excluding hydrogens is 262 g/mol. The van der Waals surface area contributed by atoms with Crippen LogP contribution in [0.4, 0.5) is 5.69 Å². The molecule has 1 aromatic carbocycles. The Morgan fingerprint density at radius 1 is 1.10 bits per heavy atom. The van der Waals surface area contributed by atoms with Crippen molar-refractivity contribution in [1.29, 1.82) is 0 Å². The second-order valence-electron chi connectivity index (χ2n) is 5.01. The van der Waals surface area contributed by atoms with Crippen molar-refractivity contribution in [3.8, 4) is 0 Å². The third-order valence-corrected chi connectivity index (χ3v) is 3.45. The number of aliphatic hydroxyl groups is 3. The van der Waals surface area contributed by atoms with Crippen LogP contribution in [0.15, 0.2) is 24.3 Å². The number of carbonyl (C=O) groups is 1. The first-order valence-corrected chi connectivity index (χ1v) is 6.47. The number of hydrogen-bond donors (Lipinski definition) is 4. The molecule has 0 aliphatic carbocycles. The normalized spacial score (nSPS) is 33.8. The van der Waals surface area contributed by atoms with Gasteiger partial charge < -0.3 is 25.4 Å². The average Bonchev–Trinajstić information content (AvgIpc) is 2.43. The van der Waals surface area contributed by atoms with Crippen molar-refractivity contribution in [2.75, 3.05) is 5.32 Å². The van der Waals surface area contributed by atoms with E-state index in [-0.39, 0.29) is 5.78 Å². The fourth-order valence-electron chi connectivity index (χ4n) is 2.14. The van der Waals surface area contributed by atoms with Crippen molar-refractivity contribution in [2.45, 2.75) is 44.5 Å². The Bertz CT molecular complexity index is 475. The number of carbonyl (C=O) groups excluding carboxylic acids is 1. The van der Waals surface area contributed by atoms with E-state index in [2.05, 4.69) is 5.32 Å². The fraction of sp³-hybridized carbons (Fsp3) is 0.500. The zero-order valence-corrected chi connectivity index (χ0v) is 11.4. The number of hydrogen-bond acceptors (Lipinski definition) is 6. The van der Waals surface area contributed by atoms with Gasteiger partial charge in [-0.05, 0) is 38.1 Å². The predicted molar refractivity (Wildman–Crippen MR) is 72.4 cm³/mol. The van der Waals surface area contributed by atoms with Crippen LogP contribution in [-0.2, 0) is 4.74 Å². The third-order valence-electron chi connectivity index (χ3n) is 3.45. The maximum absolute atomic E-state index is 11.2. The van der Waals surface area contributed by atoms with Gasteiger partial charge in [0, 0.05) is 11.3 Å². The number of ether oxygens (including phenoxy) is 1. The molecule has 6 heteroatoms. The molecule has 6 nitrogen and oxygen atoms in total. The molecule has 2 rings (SSSR count). The van der Waals surface area contributed by atoms with Crippen LogP contribution < -0.4 is 5.32 Å². The van der Waals surface area contributed by atoms with Crippen molar-refractivity contribution >= 4 is 11.5 Å². The van der Waals surface area contributed by atoms with Gasteiger partial charge in [0.15, 0.2) is 12.0 Å². The Hall–Kier alpha value is -1.47. The third kappa shape index (κ3) is 2.99. The molecule has 0 unspecified atom stereocenters. The summed E-state index contributed by atoms with van der Waals surface area (Å²) in [5.41, 5.74) is 1.24. The van der Waals surface area contributed by atoms with Crippen LogP contribution in [0, 0.1) is 0 Å². The topological polar surface area (TPSA) is 99.0 Å². The number of ketones is 1.